The average molecular weight is 397 g/mol. The monoisotopic (exact) mass is 396 g/mol. The number of nitrogens with zero attached hydrogens (tertiary/aromatic N) is 5. The fourth-order valence-corrected chi connectivity index (χ4v) is 3.66. The van der Waals surface area contributed by atoms with E-state index in [0.29, 0.717) is 0 Å². The number of benzene rings is 1. The lowest BCUT2D eigenvalue weighted by Gasteiger charge is -2.32. The van der Waals surface area contributed by atoms with Crippen molar-refractivity contribution < 1.29 is 0 Å². The highest BCUT2D eigenvalue weighted by Crippen LogP contribution is 2.26. The van der Waals surface area contributed by atoms with Crippen LogP contribution in [0.5, 0.6) is 0 Å². The quantitative estimate of drug-likeness (QED) is 0.394. The third kappa shape index (κ3) is 4.58. The molecule has 1 fully saturated rings. The fraction of sp³-hybridized carbons (Fsp3) is 0.381. The lowest BCUT2D eigenvalue weighted by molar-refractivity contribution is 0.153. The molecule has 0 spiro atoms. The van der Waals surface area contributed by atoms with Gasteiger partial charge in [-0.1, -0.05) is 24.3 Å². The SMILES string of the molecule is CN1CCN(CCCN=Cc2ccc(-c3nc(Cl)nc4[nH]ccc34)cc2)CC1. The van der Waals surface area contributed by atoms with Gasteiger partial charge in [0.15, 0.2) is 0 Å². The Morgan fingerprint density at radius 3 is 2.68 bits per heavy atom. The predicted molar refractivity (Wildman–Crippen MR) is 115 cm³/mol. The Balaban J connectivity index is 1.33. The van der Waals surface area contributed by atoms with Crippen LogP contribution in [0.25, 0.3) is 22.3 Å². The summed E-state index contributed by atoms with van der Waals surface area (Å²) < 4.78 is 0. The number of halogens is 1. The van der Waals surface area contributed by atoms with Gasteiger partial charge in [0.05, 0.1) is 5.69 Å². The summed E-state index contributed by atoms with van der Waals surface area (Å²) in [5.74, 6) is 0. The minimum absolute atomic E-state index is 0.246. The molecule has 0 radical (unpaired) electrons. The molecule has 1 aliphatic rings. The van der Waals surface area contributed by atoms with E-state index in [1.165, 1.54) is 26.2 Å². The Hall–Kier alpha value is -2.28. The molecule has 0 atom stereocenters. The maximum Gasteiger partial charge on any atom is 0.224 e. The minimum atomic E-state index is 0.246. The number of likely N-dealkylation sites (N-methyl/N-ethyl adjacent to an activating group) is 1. The van der Waals surface area contributed by atoms with Gasteiger partial charge in [0.25, 0.3) is 0 Å². The summed E-state index contributed by atoms with van der Waals surface area (Å²) >= 11 is 6.05. The Kier molecular flexibility index (Phi) is 6.00. The number of H-pyrrole nitrogens is 1. The molecule has 7 heteroatoms. The van der Waals surface area contributed by atoms with Crippen LogP contribution in [0.4, 0.5) is 0 Å². The normalized spacial score (nSPS) is 16.4. The van der Waals surface area contributed by atoms with Crippen molar-refractivity contribution in [3.63, 3.8) is 0 Å². The molecule has 2 aromatic heterocycles. The molecule has 0 amide bonds. The summed E-state index contributed by atoms with van der Waals surface area (Å²) in [6, 6.07) is 10.2. The number of nitrogens with one attached hydrogen (secondary N) is 1. The van der Waals surface area contributed by atoms with Crippen molar-refractivity contribution in [2.45, 2.75) is 6.42 Å². The maximum atomic E-state index is 6.05. The molecular weight excluding hydrogens is 372 g/mol. The average Bonchev–Trinajstić information content (AvgIpc) is 3.17. The summed E-state index contributed by atoms with van der Waals surface area (Å²) in [5.41, 5.74) is 3.70. The molecule has 0 bridgehead atoms. The van der Waals surface area contributed by atoms with Gasteiger partial charge in [-0.05, 0) is 43.2 Å². The lowest BCUT2D eigenvalue weighted by atomic mass is 10.1. The van der Waals surface area contributed by atoms with Gasteiger partial charge in [-0.25, -0.2) is 4.98 Å². The Bertz CT molecular complexity index is 941. The van der Waals surface area contributed by atoms with E-state index in [1.54, 1.807) is 0 Å². The third-order valence-corrected chi connectivity index (χ3v) is 5.34. The van der Waals surface area contributed by atoms with Gasteiger partial charge >= 0.3 is 0 Å². The van der Waals surface area contributed by atoms with Crippen LogP contribution < -0.4 is 0 Å². The second-order valence-corrected chi connectivity index (χ2v) is 7.58. The highest BCUT2D eigenvalue weighted by molar-refractivity contribution is 6.28. The van der Waals surface area contributed by atoms with Crippen LogP contribution in [0.1, 0.15) is 12.0 Å². The van der Waals surface area contributed by atoms with Gasteiger partial charge in [0.2, 0.25) is 5.28 Å². The maximum absolute atomic E-state index is 6.05. The second kappa shape index (κ2) is 8.82. The minimum Gasteiger partial charge on any atom is -0.346 e. The first-order chi connectivity index (χ1) is 13.7. The summed E-state index contributed by atoms with van der Waals surface area (Å²) in [7, 11) is 2.19. The third-order valence-electron chi connectivity index (χ3n) is 5.17. The number of rotatable bonds is 6. The molecule has 1 aliphatic heterocycles. The summed E-state index contributed by atoms with van der Waals surface area (Å²) in [6.07, 6.45) is 4.90. The summed E-state index contributed by atoms with van der Waals surface area (Å²) in [4.78, 5) is 21.2. The number of aromatic nitrogens is 3. The van der Waals surface area contributed by atoms with Crippen LogP contribution in [0.15, 0.2) is 41.5 Å². The zero-order valence-electron chi connectivity index (χ0n) is 16.1. The van der Waals surface area contributed by atoms with E-state index < -0.39 is 0 Å². The molecule has 3 aromatic rings. The molecule has 28 heavy (non-hydrogen) atoms. The Labute approximate surface area is 170 Å². The molecule has 0 unspecified atom stereocenters. The largest absolute Gasteiger partial charge is 0.346 e. The van der Waals surface area contributed by atoms with Crippen molar-refractivity contribution in [2.75, 3.05) is 46.3 Å². The molecule has 3 heterocycles. The zero-order chi connectivity index (χ0) is 19.3. The van der Waals surface area contributed by atoms with Crippen molar-refractivity contribution in [1.29, 1.82) is 0 Å². The van der Waals surface area contributed by atoms with E-state index in [4.69, 9.17) is 11.6 Å². The van der Waals surface area contributed by atoms with Gasteiger partial charge in [0.1, 0.15) is 5.65 Å². The number of hydrogen-bond acceptors (Lipinski definition) is 5. The van der Waals surface area contributed by atoms with Crippen LogP contribution in [-0.4, -0.2) is 77.3 Å². The molecule has 0 saturated carbocycles. The molecule has 6 nitrogen and oxygen atoms in total. The van der Waals surface area contributed by atoms with Gasteiger partial charge in [0, 0.05) is 56.1 Å². The lowest BCUT2D eigenvalue weighted by Crippen LogP contribution is -2.44. The Morgan fingerprint density at radius 2 is 1.89 bits per heavy atom. The van der Waals surface area contributed by atoms with E-state index >= 15 is 0 Å². The number of fused-ring (bicyclic) bond motifs is 1. The van der Waals surface area contributed by atoms with Crippen LogP contribution in [0, 0.1) is 0 Å². The van der Waals surface area contributed by atoms with E-state index in [-0.39, 0.29) is 5.28 Å². The number of piperazine rings is 1. The van der Waals surface area contributed by atoms with Crippen LogP contribution in [-0.2, 0) is 0 Å². The van der Waals surface area contributed by atoms with Crippen molar-refractivity contribution in [3.05, 3.63) is 47.4 Å². The van der Waals surface area contributed by atoms with Crippen molar-refractivity contribution >= 4 is 28.8 Å². The highest BCUT2D eigenvalue weighted by atomic mass is 35.5. The molecule has 4 rings (SSSR count). The van der Waals surface area contributed by atoms with Crippen LogP contribution in [0.3, 0.4) is 0 Å². The topological polar surface area (TPSA) is 60.4 Å². The smallest absolute Gasteiger partial charge is 0.224 e. The van der Waals surface area contributed by atoms with Gasteiger partial charge in [-0.2, -0.15) is 4.98 Å². The molecule has 0 aliphatic carbocycles. The fourth-order valence-electron chi connectivity index (χ4n) is 3.49. The number of aliphatic imine (C=N–C) groups is 1. The van der Waals surface area contributed by atoms with Gasteiger partial charge in [-0.15, -0.1) is 0 Å². The van der Waals surface area contributed by atoms with E-state index in [1.807, 2.05) is 18.5 Å². The van der Waals surface area contributed by atoms with Gasteiger partial charge < -0.3 is 14.8 Å². The zero-order valence-corrected chi connectivity index (χ0v) is 16.9. The summed E-state index contributed by atoms with van der Waals surface area (Å²) in [5, 5.41) is 1.21. The first-order valence-corrected chi connectivity index (χ1v) is 10.1. The van der Waals surface area contributed by atoms with E-state index in [0.717, 1.165) is 47.4 Å². The molecule has 1 saturated heterocycles. The van der Waals surface area contributed by atoms with Crippen LogP contribution >= 0.6 is 11.6 Å². The molecule has 1 N–H and O–H groups in total. The first-order valence-electron chi connectivity index (χ1n) is 9.71. The Morgan fingerprint density at radius 1 is 1.11 bits per heavy atom. The van der Waals surface area contributed by atoms with Gasteiger partial charge in [-0.3, -0.25) is 4.99 Å². The van der Waals surface area contributed by atoms with E-state index in [2.05, 4.69) is 61.1 Å². The second-order valence-electron chi connectivity index (χ2n) is 7.24. The van der Waals surface area contributed by atoms with Crippen molar-refractivity contribution in [3.8, 4) is 11.3 Å². The van der Waals surface area contributed by atoms with Crippen LogP contribution in [0.2, 0.25) is 5.28 Å². The number of hydrogen-bond donors (Lipinski definition) is 1. The number of aromatic amines is 1. The van der Waals surface area contributed by atoms with E-state index in [9.17, 15) is 0 Å². The predicted octanol–water partition coefficient (Wildman–Crippen LogP) is 3.33. The highest BCUT2D eigenvalue weighted by Gasteiger charge is 2.12. The molecule has 146 valence electrons. The standard InChI is InChI=1S/C21H25ClN6/c1-27-11-13-28(14-12-27)10-2-8-23-15-16-3-5-17(6-4-16)19-18-7-9-24-20(18)26-21(22)25-19/h3-7,9,15H,2,8,10-14H2,1H3,(H,24,25,26). The molecular formula is C21H25ClN6. The molecule has 1 aromatic carbocycles. The summed E-state index contributed by atoms with van der Waals surface area (Å²) in [6.45, 7) is 6.67. The first kappa shape index (κ1) is 19.1. The van der Waals surface area contributed by atoms with Crippen molar-refractivity contribution in [1.82, 2.24) is 24.8 Å². The van der Waals surface area contributed by atoms with Crippen molar-refractivity contribution in [2.24, 2.45) is 4.99 Å².